The minimum Gasteiger partial charge on any atom is -0.493 e. The number of benzene rings is 2. The molecule has 4 aromatic rings. The van der Waals surface area contributed by atoms with E-state index in [1.54, 1.807) is 33.5 Å². The first kappa shape index (κ1) is 26.0. The Morgan fingerprint density at radius 3 is 2.49 bits per heavy atom. The van der Waals surface area contributed by atoms with Crippen molar-refractivity contribution >= 4 is 50.9 Å². The van der Waals surface area contributed by atoms with Crippen LogP contribution in [0.3, 0.4) is 0 Å². The van der Waals surface area contributed by atoms with Crippen LogP contribution < -0.4 is 30.6 Å². The number of methoxy groups -OCH3 is 3. The van der Waals surface area contributed by atoms with Gasteiger partial charge in [0.1, 0.15) is 15.7 Å². The summed E-state index contributed by atoms with van der Waals surface area (Å²) in [6.45, 7) is 1.88. The lowest BCUT2D eigenvalue weighted by Crippen LogP contribution is -2.09. The fraction of sp³-hybridized carbons (Fsp3) is 0.192. The highest BCUT2D eigenvalue weighted by Crippen LogP contribution is 2.43. The highest BCUT2D eigenvalue weighted by molar-refractivity contribution is 7.23. The quantitative estimate of drug-likeness (QED) is 0.205. The van der Waals surface area contributed by atoms with Crippen molar-refractivity contribution < 1.29 is 19.0 Å². The molecule has 0 spiro atoms. The third-order valence-corrected chi connectivity index (χ3v) is 7.23. The van der Waals surface area contributed by atoms with E-state index in [4.69, 9.17) is 24.9 Å². The van der Waals surface area contributed by atoms with Crippen molar-refractivity contribution in [1.82, 2.24) is 9.97 Å². The summed E-state index contributed by atoms with van der Waals surface area (Å²) in [6.07, 6.45) is 4.00. The van der Waals surface area contributed by atoms with E-state index in [0.29, 0.717) is 40.3 Å². The molecule has 2 aromatic carbocycles. The van der Waals surface area contributed by atoms with Crippen LogP contribution in [-0.4, -0.2) is 37.2 Å². The number of aromatic nitrogens is 2. The van der Waals surface area contributed by atoms with Crippen molar-refractivity contribution in [3.8, 4) is 38.4 Å². The second-order valence-electron chi connectivity index (χ2n) is 7.71. The van der Waals surface area contributed by atoms with E-state index in [1.165, 1.54) is 22.7 Å². The van der Waals surface area contributed by atoms with Crippen LogP contribution in [0.2, 0.25) is 0 Å². The zero-order valence-corrected chi connectivity index (χ0v) is 22.5. The summed E-state index contributed by atoms with van der Waals surface area (Å²) in [5.74, 6) is 1.87. The molecule has 0 unspecified atom stereocenters. The molecule has 1 amide bonds. The minimum atomic E-state index is -0.0706. The van der Waals surface area contributed by atoms with Crippen LogP contribution in [0.1, 0.15) is 13.3 Å². The molecule has 37 heavy (non-hydrogen) atoms. The number of amides is 1. The fourth-order valence-corrected chi connectivity index (χ4v) is 5.35. The van der Waals surface area contributed by atoms with E-state index in [0.717, 1.165) is 26.8 Å². The molecule has 0 aliphatic carbocycles. The van der Waals surface area contributed by atoms with Crippen LogP contribution in [0.5, 0.6) is 17.2 Å². The maximum Gasteiger partial charge on any atom is 0.228 e. The highest BCUT2D eigenvalue weighted by Gasteiger charge is 2.18. The first-order valence-electron chi connectivity index (χ1n) is 11.3. The van der Waals surface area contributed by atoms with Gasteiger partial charge in [-0.3, -0.25) is 4.79 Å². The van der Waals surface area contributed by atoms with Crippen LogP contribution in [0.25, 0.3) is 21.1 Å². The standard InChI is InChI=1S/C26H27N5O4S2/c1-5-6-10-21(32)28-16-9-7-8-15(11-16)18-14-36-25(30-18)23-24(27)31-26(37-23)29-17-12-19(33-2)22(35-4)20(13-17)34-3/h5-9,11-14H,10,27H2,1-4H3,(H,28,32)(H,29,31)/b6-5+. The number of nitrogens with zero attached hydrogens (tertiary/aromatic N) is 2. The molecule has 0 aliphatic heterocycles. The van der Waals surface area contributed by atoms with E-state index in [2.05, 4.69) is 15.6 Å². The van der Waals surface area contributed by atoms with Crippen molar-refractivity contribution in [2.24, 2.45) is 0 Å². The number of ether oxygens (including phenoxy) is 3. The molecule has 0 saturated heterocycles. The van der Waals surface area contributed by atoms with Crippen LogP contribution in [0, 0.1) is 0 Å². The van der Waals surface area contributed by atoms with E-state index >= 15 is 0 Å². The Labute approximate surface area is 222 Å². The molecule has 0 fully saturated rings. The average molecular weight is 538 g/mol. The normalized spacial score (nSPS) is 10.9. The van der Waals surface area contributed by atoms with Crippen LogP contribution in [0.4, 0.5) is 22.3 Å². The Hall–Kier alpha value is -4.09. The predicted molar refractivity (Wildman–Crippen MR) is 151 cm³/mol. The van der Waals surface area contributed by atoms with Crippen molar-refractivity contribution in [3.05, 3.63) is 53.9 Å². The third-order valence-electron chi connectivity index (χ3n) is 5.25. The van der Waals surface area contributed by atoms with E-state index in [1.807, 2.05) is 48.7 Å². The van der Waals surface area contributed by atoms with Crippen molar-refractivity contribution in [3.63, 3.8) is 0 Å². The SMILES string of the molecule is C/C=C/CC(=O)Nc1cccc(-c2csc(-c3sc(Nc4cc(OC)c(OC)c(OC)c4)nc3N)n2)c1. The largest absolute Gasteiger partial charge is 0.493 e. The Kier molecular flexibility index (Phi) is 8.26. The molecule has 2 aromatic heterocycles. The van der Waals surface area contributed by atoms with Crippen LogP contribution >= 0.6 is 22.7 Å². The molecule has 0 saturated carbocycles. The first-order valence-corrected chi connectivity index (χ1v) is 13.0. The van der Waals surface area contributed by atoms with E-state index < -0.39 is 0 Å². The van der Waals surface area contributed by atoms with E-state index in [9.17, 15) is 4.79 Å². The number of hydrogen-bond donors (Lipinski definition) is 3. The zero-order chi connectivity index (χ0) is 26.4. The van der Waals surface area contributed by atoms with E-state index in [-0.39, 0.29) is 5.91 Å². The predicted octanol–water partition coefficient (Wildman–Crippen LogP) is 6.19. The summed E-state index contributed by atoms with van der Waals surface area (Å²) in [7, 11) is 4.68. The van der Waals surface area contributed by atoms with Crippen LogP contribution in [0.15, 0.2) is 53.9 Å². The third kappa shape index (κ3) is 6.01. The maximum atomic E-state index is 12.1. The monoisotopic (exact) mass is 537 g/mol. The Bertz CT molecular complexity index is 1410. The topological polar surface area (TPSA) is 121 Å². The summed E-state index contributed by atoms with van der Waals surface area (Å²) in [5, 5.41) is 9.48. The molecule has 0 radical (unpaired) electrons. The van der Waals surface area contributed by atoms with Gasteiger partial charge in [-0.15, -0.1) is 11.3 Å². The smallest absolute Gasteiger partial charge is 0.228 e. The molecule has 192 valence electrons. The molecular formula is C26H27N5O4S2. The molecular weight excluding hydrogens is 510 g/mol. The average Bonchev–Trinajstić information content (AvgIpc) is 3.53. The molecule has 0 atom stereocenters. The lowest BCUT2D eigenvalue weighted by atomic mass is 10.1. The molecule has 0 bridgehead atoms. The number of nitrogens with one attached hydrogen (secondary N) is 2. The van der Waals surface area contributed by atoms with Gasteiger partial charge in [0.05, 0.1) is 27.0 Å². The molecule has 4 rings (SSSR count). The maximum absolute atomic E-state index is 12.1. The fourth-order valence-electron chi connectivity index (χ4n) is 3.52. The van der Waals surface area contributed by atoms with Gasteiger partial charge in [0.25, 0.3) is 0 Å². The summed E-state index contributed by atoms with van der Waals surface area (Å²) in [6, 6.07) is 11.2. The number of nitrogen functional groups attached to an aromatic ring is 1. The minimum absolute atomic E-state index is 0.0706. The molecule has 9 nitrogen and oxygen atoms in total. The van der Waals surface area contributed by atoms with Gasteiger partial charge in [-0.1, -0.05) is 35.6 Å². The summed E-state index contributed by atoms with van der Waals surface area (Å²) in [4.78, 5) is 22.1. The highest BCUT2D eigenvalue weighted by atomic mass is 32.1. The van der Waals surface area contributed by atoms with Gasteiger partial charge in [0.2, 0.25) is 11.7 Å². The number of anilines is 4. The number of carbonyl (C=O) groups excluding carboxylic acids is 1. The number of carbonyl (C=O) groups is 1. The molecule has 11 heteroatoms. The second kappa shape index (κ2) is 11.8. The number of thiazole rings is 2. The summed E-state index contributed by atoms with van der Waals surface area (Å²) in [5.41, 5.74) is 9.37. The summed E-state index contributed by atoms with van der Waals surface area (Å²) >= 11 is 2.87. The van der Waals surface area contributed by atoms with Gasteiger partial charge >= 0.3 is 0 Å². The van der Waals surface area contributed by atoms with Gasteiger partial charge in [0, 0.05) is 40.9 Å². The van der Waals surface area contributed by atoms with Crippen molar-refractivity contribution in [1.29, 1.82) is 0 Å². The zero-order valence-electron chi connectivity index (χ0n) is 20.8. The van der Waals surface area contributed by atoms with Crippen molar-refractivity contribution in [2.75, 3.05) is 37.7 Å². The Morgan fingerprint density at radius 1 is 1.05 bits per heavy atom. The lowest BCUT2D eigenvalue weighted by molar-refractivity contribution is -0.115. The number of rotatable bonds is 10. The Morgan fingerprint density at radius 2 is 1.81 bits per heavy atom. The van der Waals surface area contributed by atoms with Gasteiger partial charge in [0.15, 0.2) is 16.6 Å². The summed E-state index contributed by atoms with van der Waals surface area (Å²) < 4.78 is 16.2. The molecule has 2 heterocycles. The van der Waals surface area contributed by atoms with Crippen LogP contribution in [-0.2, 0) is 4.79 Å². The van der Waals surface area contributed by atoms with Crippen molar-refractivity contribution in [2.45, 2.75) is 13.3 Å². The Balaban J connectivity index is 1.54. The van der Waals surface area contributed by atoms with Gasteiger partial charge in [-0.05, 0) is 19.1 Å². The molecule has 4 N–H and O–H groups in total. The number of allylic oxidation sites excluding steroid dienone is 1. The van der Waals surface area contributed by atoms with Gasteiger partial charge in [-0.25, -0.2) is 9.97 Å². The van der Waals surface area contributed by atoms with Gasteiger partial charge < -0.3 is 30.6 Å². The van der Waals surface area contributed by atoms with Gasteiger partial charge in [-0.2, -0.15) is 0 Å². The number of nitrogens with two attached hydrogens (primary N) is 1. The lowest BCUT2D eigenvalue weighted by Gasteiger charge is -2.14. The second-order valence-corrected chi connectivity index (χ2v) is 9.57. The molecule has 0 aliphatic rings. The number of hydrogen-bond acceptors (Lipinski definition) is 10. The first-order chi connectivity index (χ1) is 17.9.